The average Bonchev–Trinajstić information content (AvgIpc) is 2.46. The van der Waals surface area contributed by atoms with E-state index in [2.05, 4.69) is 15.9 Å². The fraction of sp³-hybridized carbons (Fsp3) is 0.200. The number of carbonyl (C=O) groups excluding carboxylic acids is 1. The molecule has 0 fully saturated rings. The SMILES string of the molecule is CCOC(=O)c1ccc(-c2ccc(Br)cc2)[o+]c1C.[O-][Cl+3]([O-])([O-])[O-]. The van der Waals surface area contributed by atoms with Crippen molar-refractivity contribution in [1.82, 2.24) is 0 Å². The summed E-state index contributed by atoms with van der Waals surface area (Å²) in [6.45, 7) is 3.89. The Hall–Kier alpha value is -1.55. The van der Waals surface area contributed by atoms with Gasteiger partial charge in [-0.05, 0) is 37.3 Å². The first-order valence-electron chi connectivity index (χ1n) is 6.60. The molecule has 9 heteroatoms. The van der Waals surface area contributed by atoms with Crippen molar-refractivity contribution in [3.63, 3.8) is 0 Å². The summed E-state index contributed by atoms with van der Waals surface area (Å²) in [6.07, 6.45) is 0. The van der Waals surface area contributed by atoms with E-state index in [9.17, 15) is 4.79 Å². The third-order valence-electron chi connectivity index (χ3n) is 2.67. The van der Waals surface area contributed by atoms with Gasteiger partial charge in [-0.1, -0.05) is 15.9 Å². The molecule has 7 nitrogen and oxygen atoms in total. The van der Waals surface area contributed by atoms with Crippen LogP contribution in [0.5, 0.6) is 0 Å². The highest BCUT2D eigenvalue weighted by atomic mass is 79.9. The van der Waals surface area contributed by atoms with Crippen LogP contribution in [0.25, 0.3) is 11.3 Å². The molecule has 2 aromatic rings. The highest BCUT2D eigenvalue weighted by molar-refractivity contribution is 9.10. The third-order valence-corrected chi connectivity index (χ3v) is 3.20. The van der Waals surface area contributed by atoms with Crippen LogP contribution in [0, 0.1) is 17.2 Å². The quantitative estimate of drug-likeness (QED) is 0.492. The van der Waals surface area contributed by atoms with Crippen molar-refractivity contribution in [2.24, 2.45) is 0 Å². The van der Waals surface area contributed by atoms with E-state index >= 15 is 0 Å². The first-order chi connectivity index (χ1) is 11.1. The van der Waals surface area contributed by atoms with Crippen LogP contribution in [0.2, 0.25) is 0 Å². The van der Waals surface area contributed by atoms with Gasteiger partial charge in [-0.2, -0.15) is 0 Å². The molecule has 0 aliphatic heterocycles. The van der Waals surface area contributed by atoms with Gasteiger partial charge in [0.05, 0.1) is 19.1 Å². The second kappa shape index (κ2) is 9.07. The zero-order valence-corrected chi connectivity index (χ0v) is 15.1. The highest BCUT2D eigenvalue weighted by Gasteiger charge is 2.22. The van der Waals surface area contributed by atoms with Crippen molar-refractivity contribution in [3.05, 3.63) is 52.2 Å². The zero-order chi connectivity index (χ0) is 18.3. The molecule has 1 aromatic carbocycles. The van der Waals surface area contributed by atoms with Crippen LogP contribution in [0.3, 0.4) is 0 Å². The summed E-state index contributed by atoms with van der Waals surface area (Å²) in [5.74, 6) is 0.919. The minimum Gasteiger partial charge on any atom is -0.462 e. The van der Waals surface area contributed by atoms with Crippen LogP contribution in [0.4, 0.5) is 0 Å². The van der Waals surface area contributed by atoms with Crippen LogP contribution in [0.1, 0.15) is 23.0 Å². The standard InChI is InChI=1S/C15H14BrO3.ClHO4/c1-3-18-15(17)13-8-9-14(19-10(13)2)11-4-6-12(16)7-5-11;2-1(3,4)5/h4-9H,3H2,1-2H3;(H,2,3,4,5)/q+1;/p-1. The number of aryl methyl sites for hydroxylation is 1. The Kier molecular flexibility index (Phi) is 7.74. The summed E-state index contributed by atoms with van der Waals surface area (Å²) in [5.41, 5.74) is 1.42. The number of ether oxygens (including phenoxy) is 1. The van der Waals surface area contributed by atoms with Gasteiger partial charge in [-0.3, -0.25) is 0 Å². The lowest BCUT2D eigenvalue weighted by molar-refractivity contribution is -2.00. The maximum Gasteiger partial charge on any atom is 0.360 e. The fourth-order valence-corrected chi connectivity index (χ4v) is 1.98. The largest absolute Gasteiger partial charge is 0.462 e. The van der Waals surface area contributed by atoms with Crippen LogP contribution in [-0.2, 0) is 4.74 Å². The van der Waals surface area contributed by atoms with Crippen LogP contribution < -0.4 is 18.6 Å². The van der Waals surface area contributed by atoms with Gasteiger partial charge in [0.25, 0.3) is 0 Å². The zero-order valence-electron chi connectivity index (χ0n) is 12.8. The van der Waals surface area contributed by atoms with E-state index in [1.165, 1.54) is 0 Å². The second-order valence-corrected chi connectivity index (χ2v) is 6.05. The average molecular weight is 422 g/mol. The summed E-state index contributed by atoms with van der Waals surface area (Å²) in [7, 11) is -4.94. The molecular weight excluding hydrogens is 408 g/mol. The molecule has 0 bridgehead atoms. The molecule has 0 atom stereocenters. The number of benzene rings is 1. The maximum atomic E-state index is 11.7. The first-order valence-corrected chi connectivity index (χ1v) is 8.63. The van der Waals surface area contributed by atoms with Crippen LogP contribution in [-0.4, -0.2) is 12.6 Å². The minimum atomic E-state index is -4.94. The first kappa shape index (κ1) is 20.5. The Morgan fingerprint density at radius 3 is 2.12 bits per heavy atom. The normalized spacial score (nSPS) is 10.6. The molecule has 0 amide bonds. The number of rotatable bonds is 3. The van der Waals surface area contributed by atoms with Crippen molar-refractivity contribution < 1.29 is 42.8 Å². The van der Waals surface area contributed by atoms with Crippen molar-refractivity contribution in [2.45, 2.75) is 13.8 Å². The molecule has 0 unspecified atom stereocenters. The molecule has 0 aliphatic carbocycles. The summed E-state index contributed by atoms with van der Waals surface area (Å²) in [4.78, 5) is 11.7. The lowest BCUT2D eigenvalue weighted by atomic mass is 10.1. The Morgan fingerprint density at radius 2 is 1.67 bits per heavy atom. The molecule has 0 saturated heterocycles. The van der Waals surface area contributed by atoms with Crippen molar-refractivity contribution in [1.29, 1.82) is 0 Å². The van der Waals surface area contributed by atoms with Gasteiger partial charge in [-0.15, -0.1) is 10.2 Å². The van der Waals surface area contributed by atoms with Gasteiger partial charge in [0.15, 0.2) is 5.56 Å². The molecule has 130 valence electrons. The van der Waals surface area contributed by atoms with Gasteiger partial charge in [0, 0.05) is 10.5 Å². The Labute approximate surface area is 149 Å². The van der Waals surface area contributed by atoms with E-state index in [0.717, 1.165) is 15.8 Å². The Balaban J connectivity index is 0.000000505. The topological polar surface area (TPSA) is 130 Å². The second-order valence-electron chi connectivity index (χ2n) is 4.37. The van der Waals surface area contributed by atoms with Crippen LogP contribution >= 0.6 is 15.9 Å². The van der Waals surface area contributed by atoms with Crippen LogP contribution in [0.15, 0.2) is 45.3 Å². The molecule has 0 aliphatic rings. The smallest absolute Gasteiger partial charge is 0.360 e. The lowest BCUT2D eigenvalue weighted by Crippen LogP contribution is -2.68. The van der Waals surface area contributed by atoms with Gasteiger partial charge in [0.1, 0.15) is 0 Å². The van der Waals surface area contributed by atoms with Crippen molar-refractivity contribution in [3.8, 4) is 11.3 Å². The summed E-state index contributed by atoms with van der Waals surface area (Å²) in [5, 5.41) is 0. The minimum absolute atomic E-state index is 0.354. The molecular formula is C15H14BrClO7. The third kappa shape index (κ3) is 7.35. The number of hydrogen-bond acceptors (Lipinski definition) is 6. The van der Waals surface area contributed by atoms with E-state index in [1.807, 2.05) is 24.3 Å². The Morgan fingerprint density at radius 1 is 1.12 bits per heavy atom. The molecule has 24 heavy (non-hydrogen) atoms. The monoisotopic (exact) mass is 420 g/mol. The molecule has 0 radical (unpaired) electrons. The number of esters is 1. The molecule has 1 aromatic heterocycles. The molecule has 2 rings (SSSR count). The molecule has 0 N–H and O–H groups in total. The van der Waals surface area contributed by atoms with E-state index in [0.29, 0.717) is 17.9 Å². The van der Waals surface area contributed by atoms with Crippen molar-refractivity contribution in [2.75, 3.05) is 6.61 Å². The number of carbonyl (C=O) groups is 1. The highest BCUT2D eigenvalue weighted by Crippen LogP contribution is 2.24. The van der Waals surface area contributed by atoms with Gasteiger partial charge in [-0.25, -0.2) is 27.8 Å². The fourth-order valence-electron chi connectivity index (χ4n) is 1.72. The summed E-state index contributed by atoms with van der Waals surface area (Å²) in [6, 6.07) is 11.3. The van der Waals surface area contributed by atoms with E-state index in [-0.39, 0.29) is 5.97 Å². The van der Waals surface area contributed by atoms with E-state index < -0.39 is 10.2 Å². The van der Waals surface area contributed by atoms with Gasteiger partial charge < -0.3 is 4.74 Å². The number of hydrogen-bond donors (Lipinski definition) is 0. The van der Waals surface area contributed by atoms with Gasteiger partial charge >= 0.3 is 17.5 Å². The summed E-state index contributed by atoms with van der Waals surface area (Å²) >= 11 is 3.39. The lowest BCUT2D eigenvalue weighted by Gasteiger charge is -2.17. The van der Waals surface area contributed by atoms with Crippen molar-refractivity contribution >= 4 is 21.9 Å². The number of halogens is 2. The molecule has 0 spiro atoms. The molecule has 0 saturated carbocycles. The predicted molar refractivity (Wildman–Crippen MR) is 76.9 cm³/mol. The molecule has 1 heterocycles. The Bertz CT molecular complexity index is 677. The van der Waals surface area contributed by atoms with Gasteiger partial charge in [0.2, 0.25) is 0 Å². The predicted octanol–water partition coefficient (Wildman–Crippen LogP) is -0.281. The van der Waals surface area contributed by atoms with E-state index in [4.69, 9.17) is 27.8 Å². The van der Waals surface area contributed by atoms with E-state index in [1.54, 1.807) is 26.0 Å². The maximum absolute atomic E-state index is 11.7. The summed E-state index contributed by atoms with van der Waals surface area (Å²) < 4.78 is 45.6.